The van der Waals surface area contributed by atoms with Gasteiger partial charge in [0.05, 0.1) is 121 Å². The predicted octanol–water partition coefficient (Wildman–Crippen LogP) is 0.185. The van der Waals surface area contributed by atoms with E-state index in [1.807, 2.05) is 39.0 Å². The van der Waals surface area contributed by atoms with E-state index >= 15 is 0 Å². The second-order valence-electron chi connectivity index (χ2n) is 23.5. The number of allylic oxidation sites excluding steroid dienone is 6. The van der Waals surface area contributed by atoms with Crippen LogP contribution in [-0.4, -0.2) is 283 Å². The molecule has 5 fully saturated rings. The maximum Gasteiger partial charge on any atom is 0.336 e. The summed E-state index contributed by atoms with van der Waals surface area (Å²) in [5.41, 5.74) is -3.93. The quantitative estimate of drug-likeness (QED) is 0.0315. The molecule has 0 bridgehead atoms. The lowest BCUT2D eigenvalue weighted by atomic mass is 9.94. The van der Waals surface area contributed by atoms with Crippen LogP contribution < -0.4 is 48.8 Å². The van der Waals surface area contributed by atoms with Crippen molar-refractivity contribution < 1.29 is 85.4 Å². The first kappa shape index (κ1) is 88.5. The molecule has 3 aromatic rings. The maximum absolute atomic E-state index is 12.6. The zero-order valence-electron chi connectivity index (χ0n) is 62.7. The standard InChI is InChI=1S/C15H30N6O6.C14H24O3.C12H22N4O6.C12H15N3O6.C12H15N3O3/c1-22-7-19(8-23-2)13-16-14(20(9-24-3)10-25-4)18-15(17-13)21(11-26-5)12-27-6;1-5-8-15-11-14(4,12-16-9-6-2)13-17-10-7-3;1-19-5-13-9-10(15(7-21-3)11(13)17)16(8-22-4)12(18)14(9)6-20-2;16-10-13(1-7-4-19-7)11(17)15(3-9-6-21-9)12(18)14(10)2-8-5-20-8;1-4-7-13-10(16)14(8-5-2)12(18)15(9-6-3)11(13)17/h7-12H2,1-6H3;5-10H,11-13H2,1-4H3;9-10H,5-8H2,1-4H3;7-9H,1-6H2;4-6H,1-3,7-9H2/b;8-5+,9-6+,10-7+;;;. The number of fused-ring (bicyclic) bond motifs is 1. The summed E-state index contributed by atoms with van der Waals surface area (Å²) >= 11 is 0. The fraction of sp³-hybridized carbons (Fsp3) is 0.646. The summed E-state index contributed by atoms with van der Waals surface area (Å²) in [7, 11) is 15.4. The largest absolute Gasteiger partial charge is 0.501 e. The lowest BCUT2D eigenvalue weighted by Gasteiger charge is -2.28. The number of anilines is 3. The number of hydrogen-bond acceptors (Lipinski definition) is 30. The van der Waals surface area contributed by atoms with Gasteiger partial charge in [-0.2, -0.15) is 15.0 Å². The molecule has 8 heterocycles. The average molecular weight is 1500 g/mol. The Hall–Kier alpha value is -8.91. The third kappa shape index (κ3) is 26.3. The smallest absolute Gasteiger partial charge is 0.336 e. The van der Waals surface area contributed by atoms with Gasteiger partial charge in [-0.1, -0.05) is 36.5 Å². The molecule has 0 N–H and O–H groups in total. The SMILES string of the molecule is C/C=C/OCC(C)(CO/C=C/C)CO/C=C/C.C=CCn1c(=O)n(CC=C)c(=O)n(CC=C)c1=O.COCN(COC)c1nc(N(COC)COC)nc(N(COC)COC)n1.COCN1C(=O)N(COC)C2C1N(COC)C(=O)N2COC.O=c1n(CC2CO2)c(=O)n(CC2CO2)c(=O)n1CC1CO1. The molecule has 0 saturated carbocycles. The van der Waals surface area contributed by atoms with E-state index in [0.717, 1.165) is 27.4 Å². The highest BCUT2D eigenvalue weighted by Gasteiger charge is 2.59. The molecule has 5 aliphatic rings. The van der Waals surface area contributed by atoms with Crippen LogP contribution in [0.25, 0.3) is 0 Å². The number of methoxy groups -OCH3 is 10. The zero-order chi connectivity index (χ0) is 77.6. The number of rotatable bonds is 44. The first-order valence-electron chi connectivity index (χ1n) is 33.0. The van der Waals surface area contributed by atoms with Crippen LogP contribution in [-0.2, 0) is 115 Å². The van der Waals surface area contributed by atoms with Gasteiger partial charge in [-0.05, 0) is 27.7 Å². The van der Waals surface area contributed by atoms with Crippen LogP contribution in [0.5, 0.6) is 0 Å². The third-order valence-corrected chi connectivity index (χ3v) is 14.8. The summed E-state index contributed by atoms with van der Waals surface area (Å²) in [6.45, 7) is 23.9. The number of urea groups is 2. The van der Waals surface area contributed by atoms with Gasteiger partial charge in [0.25, 0.3) is 0 Å². The van der Waals surface area contributed by atoms with Crippen LogP contribution in [0.3, 0.4) is 0 Å². The van der Waals surface area contributed by atoms with Crippen molar-refractivity contribution in [2.45, 2.75) is 97.6 Å². The Bertz CT molecular complexity index is 3180. The molecule has 5 aliphatic heterocycles. The average Bonchev–Trinajstić information content (AvgIpc) is 1.59. The molecular formula is C65H106N16O24. The molecule has 5 saturated heterocycles. The highest BCUT2D eigenvalue weighted by molar-refractivity contribution is 5.85. The van der Waals surface area contributed by atoms with Gasteiger partial charge >= 0.3 is 46.2 Å². The molecule has 4 amide bonds. The lowest BCUT2D eigenvalue weighted by molar-refractivity contribution is -0.0135. The van der Waals surface area contributed by atoms with Crippen LogP contribution in [0.1, 0.15) is 27.7 Å². The van der Waals surface area contributed by atoms with Gasteiger partial charge in [0.2, 0.25) is 17.8 Å². The van der Waals surface area contributed by atoms with Crippen molar-refractivity contribution in [2.24, 2.45) is 5.41 Å². The molecule has 40 heteroatoms. The van der Waals surface area contributed by atoms with Crippen LogP contribution >= 0.6 is 0 Å². The molecule has 0 aliphatic carbocycles. The van der Waals surface area contributed by atoms with Gasteiger partial charge in [0.1, 0.15) is 67.3 Å². The minimum atomic E-state index is -0.662. The monoisotopic (exact) mass is 1490 g/mol. The van der Waals surface area contributed by atoms with Crippen molar-refractivity contribution in [3.63, 3.8) is 0 Å². The first-order chi connectivity index (χ1) is 50.6. The number of carbonyl (C=O) groups excluding carboxylic acids is 2. The topological polar surface area (TPSA) is 385 Å². The Labute approximate surface area is 609 Å². The van der Waals surface area contributed by atoms with Crippen LogP contribution in [0.15, 0.2) is 104 Å². The summed E-state index contributed by atoms with van der Waals surface area (Å²) in [6.07, 6.45) is 13.5. The van der Waals surface area contributed by atoms with Crippen molar-refractivity contribution >= 4 is 29.9 Å². The Balaban J connectivity index is 0.000000280. The number of hydrogen-bond donors (Lipinski definition) is 0. The third-order valence-electron chi connectivity index (χ3n) is 14.8. The van der Waals surface area contributed by atoms with Crippen molar-refractivity contribution in [1.29, 1.82) is 0 Å². The molecule has 3 aromatic heterocycles. The predicted molar refractivity (Wildman–Crippen MR) is 380 cm³/mol. The lowest BCUT2D eigenvalue weighted by Crippen LogP contribution is -2.55. The highest BCUT2D eigenvalue weighted by atomic mass is 16.6. The van der Waals surface area contributed by atoms with Crippen molar-refractivity contribution in [2.75, 3.05) is 193 Å². The fourth-order valence-corrected chi connectivity index (χ4v) is 9.99. The van der Waals surface area contributed by atoms with E-state index in [2.05, 4.69) is 41.6 Å². The number of amides is 4. The zero-order valence-corrected chi connectivity index (χ0v) is 62.7. The number of ether oxygens (including phenoxy) is 16. The summed E-state index contributed by atoms with van der Waals surface area (Å²) in [4.78, 5) is 123. The molecule has 40 nitrogen and oxygen atoms in total. The van der Waals surface area contributed by atoms with E-state index < -0.39 is 46.5 Å². The summed E-state index contributed by atoms with van der Waals surface area (Å²) < 4.78 is 89.3. The van der Waals surface area contributed by atoms with Crippen LogP contribution in [0.4, 0.5) is 27.4 Å². The van der Waals surface area contributed by atoms with Gasteiger partial charge in [0.15, 0.2) is 12.3 Å². The summed E-state index contributed by atoms with van der Waals surface area (Å²) in [5, 5.41) is 0. The molecule has 105 heavy (non-hydrogen) atoms. The van der Waals surface area contributed by atoms with Gasteiger partial charge in [0, 0.05) is 71.1 Å². The minimum absolute atomic E-state index is 0.0478. The van der Waals surface area contributed by atoms with Gasteiger partial charge in [-0.15, -0.1) is 19.7 Å². The van der Waals surface area contributed by atoms with E-state index in [0.29, 0.717) is 57.5 Å². The molecule has 3 unspecified atom stereocenters. The molecule has 8 rings (SSSR count). The van der Waals surface area contributed by atoms with E-state index in [9.17, 15) is 38.4 Å². The van der Waals surface area contributed by atoms with E-state index in [-0.39, 0.29) is 142 Å². The fourth-order valence-electron chi connectivity index (χ4n) is 9.99. The Kier molecular flexibility index (Phi) is 39.5. The van der Waals surface area contributed by atoms with Gasteiger partial charge in [-0.3, -0.25) is 34.3 Å². The van der Waals surface area contributed by atoms with Gasteiger partial charge < -0.3 is 75.8 Å². The summed E-state index contributed by atoms with van der Waals surface area (Å²) in [5.74, 6) is 1.11. The van der Waals surface area contributed by atoms with Crippen LogP contribution in [0, 0.1) is 5.41 Å². The van der Waals surface area contributed by atoms with Crippen molar-refractivity contribution in [1.82, 2.24) is 62.0 Å². The van der Waals surface area contributed by atoms with E-state index in [1.165, 1.54) is 66.3 Å². The van der Waals surface area contributed by atoms with Crippen molar-refractivity contribution in [3.05, 3.63) is 138 Å². The second-order valence-corrected chi connectivity index (χ2v) is 23.5. The highest BCUT2D eigenvalue weighted by Crippen LogP contribution is 2.35. The number of carbonyl (C=O) groups is 2. The van der Waals surface area contributed by atoms with Crippen LogP contribution in [0.2, 0.25) is 0 Å². The Morgan fingerprint density at radius 3 is 0.790 bits per heavy atom. The van der Waals surface area contributed by atoms with Gasteiger partial charge in [-0.25, -0.2) is 65.8 Å². The minimum Gasteiger partial charge on any atom is -0.501 e. The molecular weight excluding hydrogens is 1390 g/mol. The number of nitrogens with zero attached hydrogens (tertiary/aromatic N) is 16. The van der Waals surface area contributed by atoms with E-state index in [4.69, 9.17) is 75.8 Å². The Morgan fingerprint density at radius 1 is 0.390 bits per heavy atom. The first-order valence-corrected chi connectivity index (χ1v) is 33.0. The molecule has 590 valence electrons. The number of aromatic nitrogens is 9. The van der Waals surface area contributed by atoms with Crippen molar-refractivity contribution in [3.8, 4) is 0 Å². The summed E-state index contributed by atoms with van der Waals surface area (Å²) in [6, 6.07) is -0.540. The second kappa shape index (κ2) is 46.8. The van der Waals surface area contributed by atoms with E-state index in [1.54, 1.807) is 76.1 Å². The molecule has 0 aromatic carbocycles. The molecule has 0 radical (unpaired) electrons. The maximum atomic E-state index is 12.6. The normalized spacial score (nSPS) is 17.6. The Morgan fingerprint density at radius 2 is 0.610 bits per heavy atom. The molecule has 3 atom stereocenters. The molecule has 0 spiro atoms. The number of epoxide rings is 3.